The lowest BCUT2D eigenvalue weighted by atomic mass is 10.1. The van der Waals surface area contributed by atoms with Crippen LogP contribution in [-0.2, 0) is 9.53 Å². The van der Waals surface area contributed by atoms with Gasteiger partial charge in [-0.1, -0.05) is 12.1 Å². The minimum Gasteiger partial charge on any atom is -0.468 e. The lowest BCUT2D eigenvalue weighted by Crippen LogP contribution is -2.26. The molecule has 0 amide bonds. The van der Waals surface area contributed by atoms with Crippen molar-refractivity contribution in [1.29, 1.82) is 0 Å². The first-order chi connectivity index (χ1) is 8.04. The van der Waals surface area contributed by atoms with Crippen LogP contribution in [0.25, 0.3) is 0 Å². The van der Waals surface area contributed by atoms with Crippen LogP contribution in [0.15, 0.2) is 24.3 Å². The van der Waals surface area contributed by atoms with E-state index in [-0.39, 0.29) is 24.2 Å². The molecular formula is C11H14N2O4. The highest BCUT2D eigenvalue weighted by Gasteiger charge is 2.11. The van der Waals surface area contributed by atoms with Gasteiger partial charge in [0.25, 0.3) is 5.69 Å². The summed E-state index contributed by atoms with van der Waals surface area (Å²) in [5.74, 6) is -0.373. The Morgan fingerprint density at radius 2 is 2.29 bits per heavy atom. The van der Waals surface area contributed by atoms with Crippen LogP contribution in [0.2, 0.25) is 0 Å². The number of carbonyl (C=O) groups excluding carboxylic acids is 1. The third-order valence-electron chi connectivity index (χ3n) is 2.36. The molecule has 6 nitrogen and oxygen atoms in total. The van der Waals surface area contributed by atoms with Gasteiger partial charge >= 0.3 is 5.97 Å². The van der Waals surface area contributed by atoms with Crippen LogP contribution >= 0.6 is 0 Å². The highest BCUT2D eigenvalue weighted by molar-refractivity contribution is 5.71. The van der Waals surface area contributed by atoms with E-state index in [1.807, 2.05) is 6.92 Å². The maximum Gasteiger partial charge on any atom is 0.319 e. The number of nitrogens with one attached hydrogen (secondary N) is 1. The number of ether oxygens (including phenoxy) is 1. The Morgan fingerprint density at radius 1 is 1.59 bits per heavy atom. The second-order valence-corrected chi connectivity index (χ2v) is 3.53. The molecule has 0 fully saturated rings. The Morgan fingerprint density at radius 3 is 2.88 bits per heavy atom. The molecule has 1 N–H and O–H groups in total. The number of non-ortho nitro benzene ring substituents is 1. The first-order valence-electron chi connectivity index (χ1n) is 5.09. The summed E-state index contributed by atoms with van der Waals surface area (Å²) < 4.78 is 4.49. The van der Waals surface area contributed by atoms with Crippen molar-refractivity contribution in [3.8, 4) is 0 Å². The van der Waals surface area contributed by atoms with Gasteiger partial charge in [-0.15, -0.1) is 0 Å². The molecule has 1 aromatic carbocycles. The van der Waals surface area contributed by atoms with Crippen LogP contribution in [0.1, 0.15) is 18.5 Å². The Bertz CT molecular complexity index is 420. The topological polar surface area (TPSA) is 81.5 Å². The van der Waals surface area contributed by atoms with Gasteiger partial charge < -0.3 is 10.1 Å². The second kappa shape index (κ2) is 5.95. The highest BCUT2D eigenvalue weighted by Crippen LogP contribution is 2.18. The molecule has 0 aliphatic rings. The summed E-state index contributed by atoms with van der Waals surface area (Å²) in [6.45, 7) is 1.89. The number of nitro benzene ring substituents is 1. The zero-order valence-electron chi connectivity index (χ0n) is 9.67. The third-order valence-corrected chi connectivity index (χ3v) is 2.36. The van der Waals surface area contributed by atoms with Crippen molar-refractivity contribution < 1.29 is 14.5 Å². The molecule has 0 aromatic heterocycles. The van der Waals surface area contributed by atoms with Gasteiger partial charge in [0.1, 0.15) is 0 Å². The van der Waals surface area contributed by atoms with Gasteiger partial charge in [-0.25, -0.2) is 0 Å². The number of hydrogen-bond acceptors (Lipinski definition) is 5. The van der Waals surface area contributed by atoms with Gasteiger partial charge in [-0.05, 0) is 12.5 Å². The lowest BCUT2D eigenvalue weighted by Gasteiger charge is -2.12. The van der Waals surface area contributed by atoms with Crippen LogP contribution in [0.5, 0.6) is 0 Å². The van der Waals surface area contributed by atoms with E-state index < -0.39 is 4.92 Å². The second-order valence-electron chi connectivity index (χ2n) is 3.53. The summed E-state index contributed by atoms with van der Waals surface area (Å²) in [5.41, 5.74) is 0.789. The van der Waals surface area contributed by atoms with Crippen molar-refractivity contribution in [2.45, 2.75) is 13.0 Å². The van der Waals surface area contributed by atoms with E-state index in [0.29, 0.717) is 0 Å². The summed E-state index contributed by atoms with van der Waals surface area (Å²) in [5, 5.41) is 13.5. The monoisotopic (exact) mass is 238 g/mol. The third kappa shape index (κ3) is 3.84. The van der Waals surface area contributed by atoms with Crippen molar-refractivity contribution in [2.24, 2.45) is 0 Å². The molecule has 92 valence electrons. The molecule has 1 rings (SSSR count). The minimum atomic E-state index is -0.448. The Hall–Kier alpha value is -1.95. The van der Waals surface area contributed by atoms with Crippen LogP contribution in [0, 0.1) is 10.1 Å². The summed E-state index contributed by atoms with van der Waals surface area (Å²) >= 11 is 0. The van der Waals surface area contributed by atoms with E-state index in [9.17, 15) is 14.9 Å². The van der Waals surface area contributed by atoms with Crippen molar-refractivity contribution >= 4 is 11.7 Å². The number of nitro groups is 1. The number of carbonyl (C=O) groups is 1. The predicted octanol–water partition coefficient (Wildman–Crippen LogP) is 1.42. The van der Waals surface area contributed by atoms with Gasteiger partial charge in [0, 0.05) is 18.2 Å². The van der Waals surface area contributed by atoms with Crippen molar-refractivity contribution in [3.05, 3.63) is 39.9 Å². The zero-order valence-corrected chi connectivity index (χ0v) is 9.67. The summed E-state index contributed by atoms with van der Waals surface area (Å²) in [6, 6.07) is 6.13. The van der Waals surface area contributed by atoms with E-state index in [4.69, 9.17) is 0 Å². The SMILES string of the molecule is COC(=O)CNC(C)c1cccc([N+](=O)[O-])c1. The van der Waals surface area contributed by atoms with Crippen LogP contribution in [-0.4, -0.2) is 24.5 Å². The molecule has 0 saturated heterocycles. The number of methoxy groups -OCH3 is 1. The van der Waals surface area contributed by atoms with Crippen molar-refractivity contribution in [3.63, 3.8) is 0 Å². The van der Waals surface area contributed by atoms with E-state index in [1.165, 1.54) is 19.2 Å². The maximum atomic E-state index is 10.9. The number of hydrogen-bond donors (Lipinski definition) is 1. The van der Waals surface area contributed by atoms with Gasteiger partial charge in [0.05, 0.1) is 18.6 Å². The van der Waals surface area contributed by atoms with Crippen LogP contribution in [0.3, 0.4) is 0 Å². The normalized spacial score (nSPS) is 11.9. The van der Waals surface area contributed by atoms with Crippen LogP contribution in [0.4, 0.5) is 5.69 Å². The van der Waals surface area contributed by atoms with E-state index in [0.717, 1.165) is 5.56 Å². The number of esters is 1. The summed E-state index contributed by atoms with van der Waals surface area (Å²) in [6.07, 6.45) is 0. The largest absolute Gasteiger partial charge is 0.468 e. The fourth-order valence-electron chi connectivity index (χ4n) is 1.33. The summed E-state index contributed by atoms with van der Waals surface area (Å²) in [4.78, 5) is 21.1. The van der Waals surface area contributed by atoms with E-state index >= 15 is 0 Å². The maximum absolute atomic E-state index is 10.9. The minimum absolute atomic E-state index is 0.0363. The van der Waals surface area contributed by atoms with E-state index in [1.54, 1.807) is 12.1 Å². The van der Waals surface area contributed by atoms with Gasteiger partial charge in [-0.2, -0.15) is 0 Å². The standard InChI is InChI=1S/C11H14N2O4/c1-8(12-7-11(14)17-2)9-4-3-5-10(6-9)13(15)16/h3-6,8,12H,7H2,1-2H3. The summed E-state index contributed by atoms with van der Waals surface area (Å²) in [7, 11) is 1.31. The molecule has 1 atom stereocenters. The molecule has 0 saturated carbocycles. The quantitative estimate of drug-likeness (QED) is 0.476. The molecule has 1 aromatic rings. The van der Waals surface area contributed by atoms with Gasteiger partial charge in [0.2, 0.25) is 0 Å². The molecular weight excluding hydrogens is 224 g/mol. The highest BCUT2D eigenvalue weighted by atomic mass is 16.6. The number of nitrogens with zero attached hydrogens (tertiary/aromatic N) is 1. The average Bonchev–Trinajstić information content (AvgIpc) is 2.35. The first kappa shape index (κ1) is 13.1. The van der Waals surface area contributed by atoms with E-state index in [2.05, 4.69) is 10.1 Å². The fourth-order valence-corrected chi connectivity index (χ4v) is 1.33. The Balaban J connectivity index is 2.68. The Kier molecular flexibility index (Phi) is 4.59. The smallest absolute Gasteiger partial charge is 0.319 e. The average molecular weight is 238 g/mol. The molecule has 0 aliphatic carbocycles. The molecule has 0 aliphatic heterocycles. The zero-order chi connectivity index (χ0) is 12.8. The van der Waals surface area contributed by atoms with Gasteiger partial charge in [-0.3, -0.25) is 14.9 Å². The van der Waals surface area contributed by atoms with Gasteiger partial charge in [0.15, 0.2) is 0 Å². The Labute approximate surface area is 98.7 Å². The molecule has 0 spiro atoms. The molecule has 0 bridgehead atoms. The molecule has 0 heterocycles. The van der Waals surface area contributed by atoms with Crippen LogP contribution < -0.4 is 5.32 Å². The number of benzene rings is 1. The molecule has 1 unspecified atom stereocenters. The van der Waals surface area contributed by atoms with Crippen molar-refractivity contribution in [1.82, 2.24) is 5.32 Å². The van der Waals surface area contributed by atoms with Crippen molar-refractivity contribution in [2.75, 3.05) is 13.7 Å². The molecule has 0 radical (unpaired) electrons. The lowest BCUT2D eigenvalue weighted by molar-refractivity contribution is -0.384. The predicted molar refractivity (Wildman–Crippen MR) is 61.5 cm³/mol. The number of rotatable bonds is 5. The molecule has 6 heteroatoms. The molecule has 17 heavy (non-hydrogen) atoms. The first-order valence-corrected chi connectivity index (χ1v) is 5.09. The fraction of sp³-hybridized carbons (Fsp3) is 0.364.